The highest BCUT2D eigenvalue weighted by atomic mass is 35.5. The van der Waals surface area contributed by atoms with Gasteiger partial charge in [-0.15, -0.1) is 0 Å². The Bertz CT molecular complexity index is 816. The van der Waals surface area contributed by atoms with E-state index >= 15 is 0 Å². The summed E-state index contributed by atoms with van der Waals surface area (Å²) in [5, 5.41) is 1.41. The quantitative estimate of drug-likeness (QED) is 0.676. The van der Waals surface area contributed by atoms with Gasteiger partial charge >= 0.3 is 5.97 Å². The minimum Gasteiger partial charge on any atom is -0.465 e. The van der Waals surface area contributed by atoms with Crippen LogP contribution in [0.3, 0.4) is 0 Å². The van der Waals surface area contributed by atoms with Crippen LogP contribution >= 0.6 is 11.6 Å². The van der Waals surface area contributed by atoms with Crippen LogP contribution in [-0.4, -0.2) is 23.0 Å². The standard InChI is InChI=1S/C16H11ClN2O2/c1-21-16(20)11-4-2-10(3-5-11)15-8-13(17)12-9-18-7-6-14(12)19-15/h2-9H,1H3. The lowest BCUT2D eigenvalue weighted by molar-refractivity contribution is 0.0601. The molecule has 2 aromatic heterocycles. The third kappa shape index (κ3) is 2.58. The number of carbonyl (C=O) groups excluding carboxylic acids is 1. The van der Waals surface area contributed by atoms with Gasteiger partial charge in [0.15, 0.2) is 0 Å². The van der Waals surface area contributed by atoms with Gasteiger partial charge in [-0.05, 0) is 24.3 Å². The second kappa shape index (κ2) is 5.50. The predicted molar refractivity (Wildman–Crippen MR) is 81.3 cm³/mol. The van der Waals surface area contributed by atoms with Gasteiger partial charge in [0.2, 0.25) is 0 Å². The Hall–Kier alpha value is -2.46. The highest BCUT2D eigenvalue weighted by molar-refractivity contribution is 6.35. The molecule has 3 aromatic rings. The zero-order valence-electron chi connectivity index (χ0n) is 11.2. The molecule has 0 aliphatic carbocycles. The van der Waals surface area contributed by atoms with E-state index in [4.69, 9.17) is 11.6 Å². The lowest BCUT2D eigenvalue weighted by Gasteiger charge is -2.06. The van der Waals surface area contributed by atoms with Crippen molar-refractivity contribution in [2.75, 3.05) is 7.11 Å². The summed E-state index contributed by atoms with van der Waals surface area (Å²) in [6, 6.07) is 10.6. The highest BCUT2D eigenvalue weighted by Gasteiger charge is 2.08. The fourth-order valence-electron chi connectivity index (χ4n) is 2.07. The average molecular weight is 299 g/mol. The van der Waals surface area contributed by atoms with Crippen LogP contribution in [0.25, 0.3) is 22.2 Å². The van der Waals surface area contributed by atoms with Crippen molar-refractivity contribution in [1.29, 1.82) is 0 Å². The third-order valence-corrected chi connectivity index (χ3v) is 3.47. The van der Waals surface area contributed by atoms with Gasteiger partial charge in [-0.25, -0.2) is 9.78 Å². The molecular weight excluding hydrogens is 288 g/mol. The zero-order chi connectivity index (χ0) is 14.8. The molecule has 0 fully saturated rings. The number of esters is 1. The maximum Gasteiger partial charge on any atom is 0.337 e. The Labute approximate surface area is 126 Å². The SMILES string of the molecule is COC(=O)c1ccc(-c2cc(Cl)c3cnccc3n2)cc1. The van der Waals surface area contributed by atoms with Gasteiger partial charge in [-0.3, -0.25) is 4.98 Å². The molecule has 0 saturated heterocycles. The van der Waals surface area contributed by atoms with Gasteiger partial charge in [0.25, 0.3) is 0 Å². The van der Waals surface area contributed by atoms with E-state index in [0.717, 1.165) is 22.2 Å². The lowest BCUT2D eigenvalue weighted by Crippen LogP contribution is -2.00. The summed E-state index contributed by atoms with van der Waals surface area (Å²) in [7, 11) is 1.36. The van der Waals surface area contributed by atoms with Crippen molar-refractivity contribution in [2.24, 2.45) is 0 Å². The molecule has 2 heterocycles. The number of aromatic nitrogens is 2. The molecule has 1 aromatic carbocycles. The molecule has 0 N–H and O–H groups in total. The number of nitrogens with zero attached hydrogens (tertiary/aromatic N) is 2. The molecule has 3 rings (SSSR count). The van der Waals surface area contributed by atoms with Crippen molar-refractivity contribution in [1.82, 2.24) is 9.97 Å². The maximum atomic E-state index is 11.4. The molecule has 21 heavy (non-hydrogen) atoms. The molecule has 0 aliphatic heterocycles. The molecule has 0 unspecified atom stereocenters. The lowest BCUT2D eigenvalue weighted by atomic mass is 10.1. The fourth-order valence-corrected chi connectivity index (χ4v) is 2.32. The molecular formula is C16H11ClN2O2. The Morgan fingerprint density at radius 2 is 1.95 bits per heavy atom. The summed E-state index contributed by atoms with van der Waals surface area (Å²) in [4.78, 5) is 20.0. The first-order valence-corrected chi connectivity index (χ1v) is 6.66. The van der Waals surface area contributed by atoms with Crippen molar-refractivity contribution in [3.05, 3.63) is 59.4 Å². The smallest absolute Gasteiger partial charge is 0.337 e. The summed E-state index contributed by atoms with van der Waals surface area (Å²) >= 11 is 6.26. The Balaban J connectivity index is 2.06. The monoisotopic (exact) mass is 298 g/mol. The van der Waals surface area contributed by atoms with Crippen LogP contribution < -0.4 is 0 Å². The van der Waals surface area contributed by atoms with Crippen LogP contribution in [0.15, 0.2) is 48.8 Å². The first kappa shape index (κ1) is 13.5. The first-order chi connectivity index (χ1) is 10.2. The maximum absolute atomic E-state index is 11.4. The van der Waals surface area contributed by atoms with E-state index < -0.39 is 0 Å². The van der Waals surface area contributed by atoms with Crippen LogP contribution in [0, 0.1) is 0 Å². The number of methoxy groups -OCH3 is 1. The Morgan fingerprint density at radius 1 is 1.19 bits per heavy atom. The number of benzene rings is 1. The molecule has 0 aliphatic rings. The number of fused-ring (bicyclic) bond motifs is 1. The predicted octanol–water partition coefficient (Wildman–Crippen LogP) is 3.74. The van der Waals surface area contributed by atoms with Crippen LogP contribution in [0.2, 0.25) is 5.02 Å². The van der Waals surface area contributed by atoms with Crippen LogP contribution in [0.4, 0.5) is 0 Å². The largest absolute Gasteiger partial charge is 0.465 e. The van der Waals surface area contributed by atoms with Gasteiger partial charge < -0.3 is 4.74 Å². The molecule has 0 radical (unpaired) electrons. The second-order valence-corrected chi connectivity index (χ2v) is 4.86. The number of hydrogen-bond acceptors (Lipinski definition) is 4. The van der Waals surface area contributed by atoms with Gasteiger partial charge in [0.05, 0.1) is 28.9 Å². The number of halogens is 1. The van der Waals surface area contributed by atoms with E-state index in [-0.39, 0.29) is 5.97 Å². The van der Waals surface area contributed by atoms with Gasteiger partial charge in [-0.2, -0.15) is 0 Å². The van der Waals surface area contributed by atoms with Crippen molar-refractivity contribution in [3.8, 4) is 11.3 Å². The molecule has 0 saturated carbocycles. The van der Waals surface area contributed by atoms with Gasteiger partial charge in [-0.1, -0.05) is 23.7 Å². The first-order valence-electron chi connectivity index (χ1n) is 6.28. The van der Waals surface area contributed by atoms with Gasteiger partial charge in [0.1, 0.15) is 0 Å². The number of hydrogen-bond donors (Lipinski definition) is 0. The molecule has 0 bridgehead atoms. The molecule has 0 amide bonds. The normalized spacial score (nSPS) is 10.6. The van der Waals surface area contributed by atoms with E-state index in [0.29, 0.717) is 10.6 Å². The Morgan fingerprint density at radius 3 is 2.67 bits per heavy atom. The summed E-state index contributed by atoms with van der Waals surface area (Å²) in [6.07, 6.45) is 3.37. The van der Waals surface area contributed by atoms with E-state index in [1.165, 1.54) is 7.11 Å². The number of carbonyl (C=O) groups is 1. The van der Waals surface area contributed by atoms with Crippen LogP contribution in [0.5, 0.6) is 0 Å². The van der Waals surface area contributed by atoms with E-state index in [9.17, 15) is 4.79 Å². The number of ether oxygens (including phenoxy) is 1. The van der Waals surface area contributed by atoms with Crippen molar-refractivity contribution in [3.63, 3.8) is 0 Å². The zero-order valence-corrected chi connectivity index (χ0v) is 12.0. The summed E-state index contributed by atoms with van der Waals surface area (Å²) in [5.41, 5.74) is 2.90. The van der Waals surface area contributed by atoms with Crippen molar-refractivity contribution >= 4 is 28.5 Å². The van der Waals surface area contributed by atoms with E-state index in [1.807, 2.05) is 18.2 Å². The molecule has 5 heteroatoms. The highest BCUT2D eigenvalue weighted by Crippen LogP contribution is 2.27. The minimum absolute atomic E-state index is 0.364. The topological polar surface area (TPSA) is 52.1 Å². The van der Waals surface area contributed by atoms with Crippen molar-refractivity contribution in [2.45, 2.75) is 0 Å². The van der Waals surface area contributed by atoms with Crippen LogP contribution in [0.1, 0.15) is 10.4 Å². The van der Waals surface area contributed by atoms with E-state index in [2.05, 4.69) is 14.7 Å². The third-order valence-electron chi connectivity index (χ3n) is 3.16. The van der Waals surface area contributed by atoms with Gasteiger partial charge in [0, 0.05) is 23.3 Å². The van der Waals surface area contributed by atoms with Crippen molar-refractivity contribution < 1.29 is 9.53 Å². The molecule has 0 spiro atoms. The minimum atomic E-state index is -0.364. The number of pyridine rings is 2. The van der Waals surface area contributed by atoms with E-state index in [1.54, 1.807) is 30.6 Å². The summed E-state index contributed by atoms with van der Waals surface area (Å²) < 4.78 is 4.68. The summed E-state index contributed by atoms with van der Waals surface area (Å²) in [5.74, 6) is -0.364. The summed E-state index contributed by atoms with van der Waals surface area (Å²) in [6.45, 7) is 0. The molecule has 4 nitrogen and oxygen atoms in total. The number of rotatable bonds is 2. The second-order valence-electron chi connectivity index (χ2n) is 4.45. The molecule has 0 atom stereocenters. The molecule has 104 valence electrons. The average Bonchev–Trinajstić information content (AvgIpc) is 2.54. The fraction of sp³-hybridized carbons (Fsp3) is 0.0625. The van der Waals surface area contributed by atoms with Crippen LogP contribution in [-0.2, 0) is 4.74 Å². The Kier molecular flexibility index (Phi) is 3.54.